The van der Waals surface area contributed by atoms with Crippen molar-refractivity contribution in [2.75, 3.05) is 0 Å². The topological polar surface area (TPSA) is 26.3 Å². The van der Waals surface area contributed by atoms with E-state index in [1.807, 2.05) is 0 Å². The Morgan fingerprint density at radius 3 is 1.76 bits per heavy atom. The number of halogens is 3. The molecule has 0 aromatic rings. The van der Waals surface area contributed by atoms with Gasteiger partial charge in [0.25, 0.3) is 0 Å². The summed E-state index contributed by atoms with van der Waals surface area (Å²) in [5.74, 6) is 2.14. The van der Waals surface area contributed by atoms with Crippen LogP contribution in [0.3, 0.4) is 0 Å². The summed E-state index contributed by atoms with van der Waals surface area (Å²) in [5.41, 5.74) is -0.160. The lowest BCUT2D eigenvalue weighted by atomic mass is 9.54. The Morgan fingerprint density at radius 2 is 1.41 bits per heavy atom. The molecule has 0 aromatic heterocycles. The molecule has 0 atom stereocenters. The Balaban J connectivity index is 1.76. The summed E-state index contributed by atoms with van der Waals surface area (Å²) >= 11 is 9.73. The number of hydrogen-bond donors (Lipinski definition) is 0. The first-order valence-electron chi connectivity index (χ1n) is 6.16. The molecule has 0 saturated heterocycles. The molecule has 4 saturated carbocycles. The highest BCUT2D eigenvalue weighted by molar-refractivity contribution is 9.40. The standard InChI is InChI=1S/C12H15Br3O2/c13-12(14,15)10(16)17-11-4-7-1-8(5-11)3-9(2-7)6-11/h7-9H,1-6H2. The molecule has 17 heavy (non-hydrogen) atoms. The van der Waals surface area contributed by atoms with Crippen molar-refractivity contribution in [3.05, 3.63) is 0 Å². The third kappa shape index (κ3) is 2.48. The predicted molar refractivity (Wildman–Crippen MR) is 76.5 cm³/mol. The van der Waals surface area contributed by atoms with Gasteiger partial charge < -0.3 is 4.74 Å². The molecule has 0 aliphatic heterocycles. The monoisotopic (exact) mass is 428 g/mol. The molecule has 0 N–H and O–H groups in total. The highest BCUT2D eigenvalue weighted by atomic mass is 80.0. The van der Waals surface area contributed by atoms with Crippen LogP contribution in [-0.2, 0) is 9.53 Å². The van der Waals surface area contributed by atoms with Crippen LogP contribution in [0.4, 0.5) is 0 Å². The van der Waals surface area contributed by atoms with Gasteiger partial charge in [-0.15, -0.1) is 0 Å². The second-order valence-corrected chi connectivity index (χ2v) is 12.7. The molecular weight excluding hydrogens is 416 g/mol. The second-order valence-electron chi connectivity index (χ2n) is 5.99. The lowest BCUT2D eigenvalue weighted by Crippen LogP contribution is -2.53. The highest BCUT2D eigenvalue weighted by Crippen LogP contribution is 2.57. The number of rotatable bonds is 1. The lowest BCUT2D eigenvalue weighted by Gasteiger charge is -2.55. The fraction of sp³-hybridized carbons (Fsp3) is 0.917. The van der Waals surface area contributed by atoms with Gasteiger partial charge in [0.2, 0.25) is 2.14 Å². The summed E-state index contributed by atoms with van der Waals surface area (Å²) in [6.45, 7) is 0. The minimum Gasteiger partial charge on any atom is -0.457 e. The van der Waals surface area contributed by atoms with Gasteiger partial charge in [0, 0.05) is 0 Å². The molecule has 96 valence electrons. The van der Waals surface area contributed by atoms with E-state index in [1.54, 1.807) is 0 Å². The van der Waals surface area contributed by atoms with Gasteiger partial charge in [-0.2, -0.15) is 0 Å². The average Bonchev–Trinajstić information content (AvgIpc) is 2.12. The zero-order chi connectivity index (χ0) is 12.3. The van der Waals surface area contributed by atoms with E-state index >= 15 is 0 Å². The number of carbonyl (C=O) groups is 1. The van der Waals surface area contributed by atoms with Crippen LogP contribution in [0, 0.1) is 17.8 Å². The fourth-order valence-electron chi connectivity index (χ4n) is 4.41. The zero-order valence-corrected chi connectivity index (χ0v) is 14.2. The van der Waals surface area contributed by atoms with Crippen molar-refractivity contribution < 1.29 is 9.53 Å². The van der Waals surface area contributed by atoms with Crippen molar-refractivity contribution in [3.63, 3.8) is 0 Å². The average molecular weight is 431 g/mol. The fourth-order valence-corrected chi connectivity index (χ4v) is 4.65. The minimum atomic E-state index is -0.920. The van der Waals surface area contributed by atoms with E-state index in [0.29, 0.717) is 0 Å². The Kier molecular flexibility index (Phi) is 3.19. The van der Waals surface area contributed by atoms with Crippen LogP contribution in [0.25, 0.3) is 0 Å². The smallest absolute Gasteiger partial charge is 0.345 e. The van der Waals surface area contributed by atoms with Crippen LogP contribution in [-0.4, -0.2) is 13.7 Å². The molecule has 4 fully saturated rings. The van der Waals surface area contributed by atoms with Crippen LogP contribution in [0.2, 0.25) is 0 Å². The van der Waals surface area contributed by atoms with Crippen LogP contribution in [0.1, 0.15) is 38.5 Å². The quantitative estimate of drug-likeness (QED) is 0.457. The molecule has 0 radical (unpaired) electrons. The largest absolute Gasteiger partial charge is 0.457 e. The summed E-state index contributed by atoms with van der Waals surface area (Å²) in [5, 5.41) is 0. The first-order valence-corrected chi connectivity index (χ1v) is 8.54. The minimum absolute atomic E-state index is 0.160. The van der Waals surface area contributed by atoms with Crippen molar-refractivity contribution in [1.82, 2.24) is 0 Å². The van der Waals surface area contributed by atoms with Crippen molar-refractivity contribution in [3.8, 4) is 0 Å². The van der Waals surface area contributed by atoms with Gasteiger partial charge in [-0.1, -0.05) is 0 Å². The number of esters is 1. The van der Waals surface area contributed by atoms with E-state index in [2.05, 4.69) is 47.8 Å². The molecule has 5 heteroatoms. The SMILES string of the molecule is O=C(OC12CC3CC(CC(C3)C1)C2)C(Br)(Br)Br. The van der Waals surface area contributed by atoms with E-state index in [-0.39, 0.29) is 11.6 Å². The molecule has 0 spiro atoms. The van der Waals surface area contributed by atoms with Gasteiger partial charge in [-0.3, -0.25) is 0 Å². The Bertz CT molecular complexity index is 313. The van der Waals surface area contributed by atoms with Crippen molar-refractivity contribution in [2.24, 2.45) is 17.8 Å². The Morgan fingerprint density at radius 1 is 1.00 bits per heavy atom. The number of carbonyl (C=O) groups excluding carboxylic acids is 1. The summed E-state index contributed by atoms with van der Waals surface area (Å²) in [6, 6.07) is 0. The second kappa shape index (κ2) is 4.20. The zero-order valence-electron chi connectivity index (χ0n) is 9.43. The summed E-state index contributed by atoms with van der Waals surface area (Å²) in [6.07, 6.45) is 7.31. The molecule has 4 rings (SSSR count). The molecule has 4 aliphatic carbocycles. The molecule has 0 heterocycles. The normalized spacial score (nSPS) is 43.8. The molecule has 0 aromatic carbocycles. The van der Waals surface area contributed by atoms with Crippen LogP contribution >= 0.6 is 47.8 Å². The molecule has 2 nitrogen and oxygen atoms in total. The van der Waals surface area contributed by atoms with E-state index in [0.717, 1.165) is 37.0 Å². The van der Waals surface area contributed by atoms with E-state index < -0.39 is 2.14 Å². The van der Waals surface area contributed by atoms with Gasteiger partial charge in [0.15, 0.2) is 0 Å². The maximum absolute atomic E-state index is 12.0. The van der Waals surface area contributed by atoms with Crippen LogP contribution in [0.5, 0.6) is 0 Å². The van der Waals surface area contributed by atoms with Crippen molar-refractivity contribution in [2.45, 2.75) is 46.3 Å². The first-order chi connectivity index (χ1) is 7.86. The van der Waals surface area contributed by atoms with Crippen molar-refractivity contribution >= 4 is 53.8 Å². The van der Waals surface area contributed by atoms with Crippen molar-refractivity contribution in [1.29, 1.82) is 0 Å². The third-order valence-electron chi connectivity index (χ3n) is 4.52. The third-order valence-corrected chi connectivity index (χ3v) is 5.49. The Hall–Kier alpha value is 0.910. The van der Waals surface area contributed by atoms with Crippen LogP contribution in [0.15, 0.2) is 0 Å². The number of alkyl halides is 3. The summed E-state index contributed by atoms with van der Waals surface area (Å²) in [4.78, 5) is 12.0. The summed E-state index contributed by atoms with van der Waals surface area (Å²) < 4.78 is 4.92. The van der Waals surface area contributed by atoms with E-state index in [4.69, 9.17) is 4.74 Å². The van der Waals surface area contributed by atoms with Gasteiger partial charge >= 0.3 is 5.97 Å². The Labute approximate surface area is 127 Å². The molecule has 0 amide bonds. The maximum atomic E-state index is 12.0. The van der Waals surface area contributed by atoms with Crippen LogP contribution < -0.4 is 0 Å². The molecule has 4 bridgehead atoms. The summed E-state index contributed by atoms with van der Waals surface area (Å²) in [7, 11) is 0. The maximum Gasteiger partial charge on any atom is 0.345 e. The molecular formula is C12H15Br3O2. The van der Waals surface area contributed by atoms with Gasteiger partial charge in [0.05, 0.1) is 0 Å². The lowest BCUT2D eigenvalue weighted by molar-refractivity contribution is -0.184. The molecule has 4 aliphatic rings. The van der Waals surface area contributed by atoms with Gasteiger partial charge in [-0.05, 0) is 104 Å². The van der Waals surface area contributed by atoms with E-state index in [9.17, 15) is 4.79 Å². The first kappa shape index (κ1) is 12.9. The van der Waals surface area contributed by atoms with Gasteiger partial charge in [0.1, 0.15) is 5.60 Å². The van der Waals surface area contributed by atoms with Gasteiger partial charge in [-0.25, -0.2) is 4.79 Å². The predicted octanol–water partition coefficient (Wildman–Crippen LogP) is 4.34. The number of hydrogen-bond acceptors (Lipinski definition) is 2. The molecule has 0 unspecified atom stereocenters. The highest BCUT2D eigenvalue weighted by Gasteiger charge is 2.54. The van der Waals surface area contributed by atoms with E-state index in [1.165, 1.54) is 19.3 Å². The number of ether oxygens (including phenoxy) is 1.